The molecular weight excluding hydrogens is 142 g/mol. The second-order valence-corrected chi connectivity index (χ2v) is 2.11. The lowest BCUT2D eigenvalue weighted by Gasteiger charge is -2.01. The summed E-state index contributed by atoms with van der Waals surface area (Å²) in [5.74, 6) is 5.88. The molecule has 0 amide bonds. The number of hydrogen-bond acceptors (Lipinski definition) is 4. The first kappa shape index (κ1) is 7.97. The lowest BCUT2D eigenvalue weighted by atomic mass is 10.3. The molecule has 0 unspecified atom stereocenters. The topological polar surface area (TPSA) is 60.2 Å². The smallest absolute Gasteiger partial charge is 0.137 e. The molecule has 0 aliphatic rings. The Kier molecular flexibility index (Phi) is 2.83. The van der Waals surface area contributed by atoms with Crippen molar-refractivity contribution in [2.45, 2.75) is 6.54 Å². The summed E-state index contributed by atoms with van der Waals surface area (Å²) in [4.78, 5) is 3.95. The highest BCUT2D eigenvalue weighted by Crippen LogP contribution is 2.09. The number of rotatable bonds is 3. The van der Waals surface area contributed by atoms with Crippen molar-refractivity contribution in [2.75, 3.05) is 7.11 Å². The number of nitrogens with one attached hydrogen (secondary N) is 1. The molecule has 0 atom stereocenters. The highest BCUT2D eigenvalue weighted by Gasteiger charge is 1.93. The second-order valence-electron chi connectivity index (χ2n) is 2.11. The first-order valence-corrected chi connectivity index (χ1v) is 3.28. The molecule has 1 aromatic rings. The lowest BCUT2D eigenvalue weighted by molar-refractivity contribution is 0.412. The standard InChI is InChI=1S/C7H11N3O/c1-11-7-2-6(4-10-8)3-9-5-7/h2-3,5,10H,4,8H2,1H3. The Labute approximate surface area is 65.4 Å². The maximum atomic E-state index is 5.13. The van der Waals surface area contributed by atoms with E-state index in [9.17, 15) is 0 Å². The summed E-state index contributed by atoms with van der Waals surface area (Å²) in [7, 11) is 1.61. The van der Waals surface area contributed by atoms with Gasteiger partial charge in [0.2, 0.25) is 0 Å². The molecule has 4 heteroatoms. The molecule has 1 rings (SSSR count). The van der Waals surface area contributed by atoms with Gasteiger partial charge in [-0.3, -0.25) is 16.3 Å². The summed E-state index contributed by atoms with van der Waals surface area (Å²) < 4.78 is 4.97. The predicted octanol–water partition coefficient (Wildman–Crippen LogP) is 0.0535. The SMILES string of the molecule is COc1cncc(CNN)c1. The minimum absolute atomic E-state index is 0.601. The zero-order valence-corrected chi connectivity index (χ0v) is 6.37. The van der Waals surface area contributed by atoms with Gasteiger partial charge in [0.1, 0.15) is 5.75 Å². The number of pyridine rings is 1. The molecular formula is C7H11N3O. The summed E-state index contributed by atoms with van der Waals surface area (Å²) in [5.41, 5.74) is 3.55. The average molecular weight is 153 g/mol. The van der Waals surface area contributed by atoms with Gasteiger partial charge in [-0.2, -0.15) is 0 Å². The van der Waals surface area contributed by atoms with E-state index in [0.29, 0.717) is 6.54 Å². The Hall–Kier alpha value is -1.13. The molecule has 1 aromatic heterocycles. The fraction of sp³-hybridized carbons (Fsp3) is 0.286. The van der Waals surface area contributed by atoms with Gasteiger partial charge in [0, 0.05) is 12.7 Å². The van der Waals surface area contributed by atoms with Crippen molar-refractivity contribution in [1.82, 2.24) is 10.4 Å². The number of nitrogens with zero attached hydrogens (tertiary/aromatic N) is 1. The van der Waals surface area contributed by atoms with Crippen LogP contribution in [0.1, 0.15) is 5.56 Å². The Morgan fingerprint density at radius 3 is 3.09 bits per heavy atom. The van der Waals surface area contributed by atoms with Crippen molar-refractivity contribution in [2.24, 2.45) is 5.84 Å². The lowest BCUT2D eigenvalue weighted by Crippen LogP contribution is -2.20. The molecule has 0 aromatic carbocycles. The van der Waals surface area contributed by atoms with Crippen LogP contribution in [0.25, 0.3) is 0 Å². The number of hydrogen-bond donors (Lipinski definition) is 2. The van der Waals surface area contributed by atoms with Crippen molar-refractivity contribution in [1.29, 1.82) is 0 Å². The van der Waals surface area contributed by atoms with Gasteiger partial charge in [0.05, 0.1) is 13.3 Å². The van der Waals surface area contributed by atoms with Crippen LogP contribution in [0.4, 0.5) is 0 Å². The summed E-state index contributed by atoms with van der Waals surface area (Å²) >= 11 is 0. The van der Waals surface area contributed by atoms with Gasteiger partial charge < -0.3 is 4.74 Å². The monoisotopic (exact) mass is 153 g/mol. The van der Waals surface area contributed by atoms with E-state index >= 15 is 0 Å². The third-order valence-corrected chi connectivity index (χ3v) is 1.31. The number of nitrogens with two attached hydrogens (primary N) is 1. The van der Waals surface area contributed by atoms with E-state index in [0.717, 1.165) is 11.3 Å². The van der Waals surface area contributed by atoms with Crippen molar-refractivity contribution in [3.05, 3.63) is 24.0 Å². The maximum absolute atomic E-state index is 5.13. The van der Waals surface area contributed by atoms with E-state index in [2.05, 4.69) is 10.4 Å². The van der Waals surface area contributed by atoms with Crippen LogP contribution in [0.2, 0.25) is 0 Å². The molecule has 0 radical (unpaired) electrons. The minimum Gasteiger partial charge on any atom is -0.495 e. The van der Waals surface area contributed by atoms with Crippen LogP contribution in [0.5, 0.6) is 5.75 Å². The zero-order chi connectivity index (χ0) is 8.10. The van der Waals surface area contributed by atoms with Crippen LogP contribution >= 0.6 is 0 Å². The summed E-state index contributed by atoms with van der Waals surface area (Å²) in [6, 6.07) is 1.88. The van der Waals surface area contributed by atoms with Gasteiger partial charge in [-0.05, 0) is 11.6 Å². The molecule has 4 nitrogen and oxygen atoms in total. The van der Waals surface area contributed by atoms with Crippen LogP contribution in [-0.4, -0.2) is 12.1 Å². The van der Waals surface area contributed by atoms with Crippen molar-refractivity contribution in [3.8, 4) is 5.75 Å². The molecule has 0 spiro atoms. The summed E-state index contributed by atoms with van der Waals surface area (Å²) in [6.07, 6.45) is 3.39. The van der Waals surface area contributed by atoms with Gasteiger partial charge in [0.15, 0.2) is 0 Å². The second kappa shape index (κ2) is 3.90. The van der Waals surface area contributed by atoms with E-state index in [1.807, 2.05) is 6.07 Å². The van der Waals surface area contributed by atoms with E-state index < -0.39 is 0 Å². The Balaban J connectivity index is 2.74. The fourth-order valence-electron chi connectivity index (χ4n) is 0.790. The zero-order valence-electron chi connectivity index (χ0n) is 6.37. The van der Waals surface area contributed by atoms with E-state index in [1.165, 1.54) is 0 Å². The van der Waals surface area contributed by atoms with Gasteiger partial charge in [-0.1, -0.05) is 0 Å². The fourth-order valence-corrected chi connectivity index (χ4v) is 0.790. The Morgan fingerprint density at radius 1 is 1.64 bits per heavy atom. The van der Waals surface area contributed by atoms with Crippen LogP contribution in [0, 0.1) is 0 Å². The van der Waals surface area contributed by atoms with Gasteiger partial charge in [0.25, 0.3) is 0 Å². The summed E-state index contributed by atoms with van der Waals surface area (Å²) in [5, 5.41) is 0. The summed E-state index contributed by atoms with van der Waals surface area (Å²) in [6.45, 7) is 0.601. The molecule has 3 N–H and O–H groups in total. The molecule has 0 saturated heterocycles. The molecule has 0 aliphatic carbocycles. The van der Waals surface area contributed by atoms with Crippen LogP contribution < -0.4 is 16.0 Å². The molecule has 60 valence electrons. The molecule has 0 saturated carbocycles. The Bertz CT molecular complexity index is 227. The largest absolute Gasteiger partial charge is 0.495 e. The van der Waals surface area contributed by atoms with Crippen molar-refractivity contribution >= 4 is 0 Å². The molecule has 0 aliphatic heterocycles. The number of aromatic nitrogens is 1. The molecule has 11 heavy (non-hydrogen) atoms. The molecule has 0 fully saturated rings. The van der Waals surface area contributed by atoms with Crippen LogP contribution in [0.15, 0.2) is 18.5 Å². The third kappa shape index (κ3) is 2.18. The van der Waals surface area contributed by atoms with Crippen LogP contribution in [-0.2, 0) is 6.54 Å². The normalized spacial score (nSPS) is 9.64. The third-order valence-electron chi connectivity index (χ3n) is 1.31. The van der Waals surface area contributed by atoms with Crippen LogP contribution in [0.3, 0.4) is 0 Å². The highest BCUT2D eigenvalue weighted by atomic mass is 16.5. The molecule has 1 heterocycles. The van der Waals surface area contributed by atoms with E-state index in [1.54, 1.807) is 19.5 Å². The van der Waals surface area contributed by atoms with Gasteiger partial charge >= 0.3 is 0 Å². The van der Waals surface area contributed by atoms with Gasteiger partial charge in [-0.15, -0.1) is 0 Å². The Morgan fingerprint density at radius 2 is 2.45 bits per heavy atom. The minimum atomic E-state index is 0.601. The number of hydrazine groups is 1. The van der Waals surface area contributed by atoms with Gasteiger partial charge in [-0.25, -0.2) is 0 Å². The highest BCUT2D eigenvalue weighted by molar-refractivity contribution is 5.23. The van der Waals surface area contributed by atoms with Crippen molar-refractivity contribution < 1.29 is 4.74 Å². The maximum Gasteiger partial charge on any atom is 0.137 e. The van der Waals surface area contributed by atoms with Crippen molar-refractivity contribution in [3.63, 3.8) is 0 Å². The quantitative estimate of drug-likeness (QED) is 0.476. The first-order valence-electron chi connectivity index (χ1n) is 3.28. The molecule has 0 bridgehead atoms. The van der Waals surface area contributed by atoms with E-state index in [-0.39, 0.29) is 0 Å². The first-order chi connectivity index (χ1) is 5.36. The average Bonchev–Trinajstić information content (AvgIpc) is 2.06. The number of methoxy groups -OCH3 is 1. The van der Waals surface area contributed by atoms with E-state index in [4.69, 9.17) is 10.6 Å². The predicted molar refractivity (Wildman–Crippen MR) is 41.8 cm³/mol. The number of ether oxygens (including phenoxy) is 1.